The summed E-state index contributed by atoms with van der Waals surface area (Å²) < 4.78 is 5.28. The lowest BCUT2D eigenvalue weighted by Gasteiger charge is -2.12. The van der Waals surface area contributed by atoms with Gasteiger partial charge < -0.3 is 15.0 Å². The van der Waals surface area contributed by atoms with Crippen molar-refractivity contribution in [1.29, 1.82) is 0 Å². The van der Waals surface area contributed by atoms with Crippen LogP contribution in [0.5, 0.6) is 0 Å². The number of thiocarbonyl (C=S) groups is 1. The fraction of sp³-hybridized carbons (Fsp3) is 0.889. The van der Waals surface area contributed by atoms with Gasteiger partial charge in [0.1, 0.15) is 6.61 Å². The van der Waals surface area contributed by atoms with Crippen LogP contribution in [0.3, 0.4) is 0 Å². The number of nitrogens with one attached hydrogen (secondary N) is 1. The maximum atomic E-state index is 5.28. The molecular weight excluding hydrogens is 184 g/mol. The molecule has 0 rings (SSSR count). The number of hydrogen-bond donors (Lipinski definition) is 1. The first-order valence-corrected chi connectivity index (χ1v) is 5.13. The minimum atomic E-state index is 0.523. The molecule has 0 unspecified atom stereocenters. The molecule has 0 saturated carbocycles. The predicted molar refractivity (Wildman–Crippen MR) is 60.0 cm³/mol. The SMILES string of the molecule is CCCCNC(=S)OCCN(C)C. The number of unbranched alkanes of at least 4 members (excludes halogenated alkanes) is 1. The molecule has 13 heavy (non-hydrogen) atoms. The molecule has 0 aromatic heterocycles. The van der Waals surface area contributed by atoms with Crippen molar-refractivity contribution >= 4 is 17.4 Å². The van der Waals surface area contributed by atoms with Crippen LogP contribution < -0.4 is 5.32 Å². The maximum Gasteiger partial charge on any atom is 0.256 e. The maximum absolute atomic E-state index is 5.28. The molecule has 0 aliphatic heterocycles. The molecule has 0 aromatic carbocycles. The second kappa shape index (κ2) is 8.26. The quantitative estimate of drug-likeness (QED) is 0.520. The third kappa shape index (κ3) is 9.56. The molecule has 78 valence electrons. The van der Waals surface area contributed by atoms with E-state index in [1.165, 1.54) is 6.42 Å². The summed E-state index contributed by atoms with van der Waals surface area (Å²) in [5.41, 5.74) is 0. The number of hydrogen-bond acceptors (Lipinski definition) is 3. The highest BCUT2D eigenvalue weighted by molar-refractivity contribution is 7.80. The molecule has 0 atom stereocenters. The Balaban J connectivity index is 3.20. The van der Waals surface area contributed by atoms with E-state index in [0.717, 1.165) is 19.5 Å². The van der Waals surface area contributed by atoms with Crippen molar-refractivity contribution in [3.8, 4) is 0 Å². The molecule has 4 heteroatoms. The van der Waals surface area contributed by atoms with Crippen LogP contribution in [0.1, 0.15) is 19.8 Å². The summed E-state index contributed by atoms with van der Waals surface area (Å²) in [5, 5.41) is 3.57. The zero-order valence-electron chi connectivity index (χ0n) is 8.80. The minimum absolute atomic E-state index is 0.523. The van der Waals surface area contributed by atoms with Crippen LogP contribution in [0.25, 0.3) is 0 Å². The lowest BCUT2D eigenvalue weighted by atomic mass is 10.3. The Morgan fingerprint density at radius 1 is 1.46 bits per heavy atom. The molecule has 0 fully saturated rings. The Morgan fingerprint density at radius 2 is 2.15 bits per heavy atom. The minimum Gasteiger partial charge on any atom is -0.470 e. The fourth-order valence-electron chi connectivity index (χ4n) is 0.739. The van der Waals surface area contributed by atoms with E-state index >= 15 is 0 Å². The molecule has 0 amide bonds. The van der Waals surface area contributed by atoms with Crippen LogP contribution >= 0.6 is 12.2 Å². The number of rotatable bonds is 6. The molecule has 0 aliphatic rings. The Labute approximate surface area is 86.4 Å². The summed E-state index contributed by atoms with van der Waals surface area (Å²) in [7, 11) is 4.02. The van der Waals surface area contributed by atoms with Crippen LogP contribution in [0.4, 0.5) is 0 Å². The third-order valence-electron chi connectivity index (χ3n) is 1.57. The van der Waals surface area contributed by atoms with Crippen molar-refractivity contribution in [2.45, 2.75) is 19.8 Å². The van der Waals surface area contributed by atoms with Gasteiger partial charge in [-0.3, -0.25) is 0 Å². The van der Waals surface area contributed by atoms with E-state index in [2.05, 4.69) is 17.1 Å². The van der Waals surface area contributed by atoms with Gasteiger partial charge in [0.05, 0.1) is 0 Å². The predicted octanol–water partition coefficient (Wildman–Crippen LogP) is 1.24. The van der Waals surface area contributed by atoms with Gasteiger partial charge in [-0.05, 0) is 32.7 Å². The Hall–Kier alpha value is -0.350. The van der Waals surface area contributed by atoms with Crippen molar-refractivity contribution in [1.82, 2.24) is 10.2 Å². The van der Waals surface area contributed by atoms with Gasteiger partial charge in [0, 0.05) is 13.1 Å². The van der Waals surface area contributed by atoms with Gasteiger partial charge in [-0.1, -0.05) is 13.3 Å². The van der Waals surface area contributed by atoms with E-state index in [0.29, 0.717) is 11.8 Å². The van der Waals surface area contributed by atoms with Crippen molar-refractivity contribution in [3.63, 3.8) is 0 Å². The van der Waals surface area contributed by atoms with Gasteiger partial charge in [-0.15, -0.1) is 0 Å². The van der Waals surface area contributed by atoms with E-state index in [-0.39, 0.29) is 0 Å². The first-order valence-electron chi connectivity index (χ1n) is 4.72. The fourth-order valence-corrected chi connectivity index (χ4v) is 0.925. The summed E-state index contributed by atoms with van der Waals surface area (Å²) in [4.78, 5) is 2.06. The van der Waals surface area contributed by atoms with Gasteiger partial charge in [0.25, 0.3) is 5.17 Å². The average molecular weight is 204 g/mol. The number of nitrogens with zero attached hydrogens (tertiary/aromatic N) is 1. The molecule has 3 nitrogen and oxygen atoms in total. The largest absolute Gasteiger partial charge is 0.470 e. The van der Waals surface area contributed by atoms with Crippen LogP contribution in [-0.2, 0) is 4.74 Å². The standard InChI is InChI=1S/C9H20N2OS/c1-4-5-6-10-9(13)12-8-7-11(2)3/h4-8H2,1-3H3,(H,10,13). The van der Waals surface area contributed by atoms with Gasteiger partial charge in [-0.2, -0.15) is 0 Å². The van der Waals surface area contributed by atoms with E-state index in [4.69, 9.17) is 17.0 Å². The van der Waals surface area contributed by atoms with E-state index in [1.54, 1.807) is 0 Å². The van der Waals surface area contributed by atoms with Crippen molar-refractivity contribution in [2.24, 2.45) is 0 Å². The third-order valence-corrected chi connectivity index (χ3v) is 1.83. The van der Waals surface area contributed by atoms with Crippen LogP contribution in [-0.4, -0.2) is 43.9 Å². The second-order valence-electron chi connectivity index (χ2n) is 3.22. The number of likely N-dealkylation sites (N-methyl/N-ethyl adjacent to an activating group) is 1. The molecule has 1 N–H and O–H groups in total. The summed E-state index contributed by atoms with van der Waals surface area (Å²) in [6.07, 6.45) is 2.31. The van der Waals surface area contributed by atoms with Crippen LogP contribution in [0.2, 0.25) is 0 Å². The van der Waals surface area contributed by atoms with Gasteiger partial charge in [0.2, 0.25) is 0 Å². The Morgan fingerprint density at radius 3 is 2.69 bits per heavy atom. The normalized spacial score (nSPS) is 10.2. The van der Waals surface area contributed by atoms with Crippen LogP contribution in [0.15, 0.2) is 0 Å². The smallest absolute Gasteiger partial charge is 0.256 e. The number of ether oxygens (including phenoxy) is 1. The summed E-state index contributed by atoms with van der Waals surface area (Å²) >= 11 is 4.97. The first kappa shape index (κ1) is 12.7. The van der Waals surface area contributed by atoms with Crippen LogP contribution in [0, 0.1) is 0 Å². The second-order valence-corrected chi connectivity index (χ2v) is 3.59. The van der Waals surface area contributed by atoms with E-state index in [1.807, 2.05) is 14.1 Å². The van der Waals surface area contributed by atoms with E-state index in [9.17, 15) is 0 Å². The summed E-state index contributed by atoms with van der Waals surface area (Å²) in [5.74, 6) is 0. The van der Waals surface area contributed by atoms with Gasteiger partial charge in [-0.25, -0.2) is 0 Å². The molecule has 0 saturated heterocycles. The highest BCUT2D eigenvalue weighted by Gasteiger charge is 1.95. The van der Waals surface area contributed by atoms with Gasteiger partial charge in [0.15, 0.2) is 0 Å². The Bertz CT molecular complexity index is 140. The summed E-state index contributed by atoms with van der Waals surface area (Å²) in [6.45, 7) is 4.62. The van der Waals surface area contributed by atoms with E-state index < -0.39 is 0 Å². The molecule has 0 spiro atoms. The highest BCUT2D eigenvalue weighted by atomic mass is 32.1. The van der Waals surface area contributed by atoms with Crippen molar-refractivity contribution < 1.29 is 4.74 Å². The highest BCUT2D eigenvalue weighted by Crippen LogP contribution is 1.85. The molecule has 0 bridgehead atoms. The molecule has 0 radical (unpaired) electrons. The topological polar surface area (TPSA) is 24.5 Å². The van der Waals surface area contributed by atoms with Crippen molar-refractivity contribution in [2.75, 3.05) is 33.8 Å². The van der Waals surface area contributed by atoms with Gasteiger partial charge >= 0.3 is 0 Å². The molecule has 0 heterocycles. The zero-order chi connectivity index (χ0) is 10.1. The lowest BCUT2D eigenvalue weighted by molar-refractivity contribution is 0.248. The monoisotopic (exact) mass is 204 g/mol. The first-order chi connectivity index (χ1) is 6.16. The zero-order valence-corrected chi connectivity index (χ0v) is 9.62. The lowest BCUT2D eigenvalue weighted by Crippen LogP contribution is -2.28. The molecular formula is C9H20N2OS. The average Bonchev–Trinajstić information content (AvgIpc) is 2.04. The molecule has 0 aromatic rings. The molecule has 0 aliphatic carbocycles. The van der Waals surface area contributed by atoms with Crippen molar-refractivity contribution in [3.05, 3.63) is 0 Å². The summed E-state index contributed by atoms with van der Waals surface area (Å²) in [6, 6.07) is 0. The Kier molecular flexibility index (Phi) is 8.04.